The number of unbranched alkanes of at least 4 members (excludes halogenated alkanes) is 1. The van der Waals surface area contributed by atoms with Crippen molar-refractivity contribution in [3.05, 3.63) is 0 Å². The number of methoxy groups -OCH3 is 1. The molecule has 2 atom stereocenters. The van der Waals surface area contributed by atoms with E-state index in [1.165, 1.54) is 7.11 Å². The highest BCUT2D eigenvalue weighted by atomic mass is 16.5. The van der Waals surface area contributed by atoms with Crippen LogP contribution in [0.5, 0.6) is 0 Å². The SMILES string of the molecule is CCCCOC(CC=O)C(C=O)OC. The van der Waals surface area contributed by atoms with Gasteiger partial charge in [-0.05, 0) is 6.42 Å². The van der Waals surface area contributed by atoms with Crippen LogP contribution in [-0.4, -0.2) is 38.5 Å². The van der Waals surface area contributed by atoms with Crippen LogP contribution >= 0.6 is 0 Å². The summed E-state index contributed by atoms with van der Waals surface area (Å²) < 4.78 is 10.3. The summed E-state index contributed by atoms with van der Waals surface area (Å²) in [5.41, 5.74) is 0. The fraction of sp³-hybridized carbons (Fsp3) is 0.800. The third kappa shape index (κ3) is 5.09. The molecule has 0 aliphatic carbocycles. The standard InChI is InChI=1S/C10H18O4/c1-3-4-7-14-9(5-6-11)10(8-12)13-2/h6,8-10H,3-5,7H2,1-2H3. The third-order valence-electron chi connectivity index (χ3n) is 1.93. The monoisotopic (exact) mass is 202 g/mol. The highest BCUT2D eigenvalue weighted by Gasteiger charge is 2.20. The maximum atomic E-state index is 10.6. The molecule has 0 aromatic rings. The van der Waals surface area contributed by atoms with E-state index in [1.807, 2.05) is 6.92 Å². The Balaban J connectivity index is 3.97. The van der Waals surface area contributed by atoms with Gasteiger partial charge in [-0.3, -0.25) is 0 Å². The van der Waals surface area contributed by atoms with E-state index in [4.69, 9.17) is 9.47 Å². The molecule has 0 fully saturated rings. The van der Waals surface area contributed by atoms with Crippen LogP contribution in [-0.2, 0) is 19.1 Å². The molecule has 0 N–H and O–H groups in total. The van der Waals surface area contributed by atoms with E-state index in [1.54, 1.807) is 0 Å². The largest absolute Gasteiger partial charge is 0.375 e. The van der Waals surface area contributed by atoms with E-state index in [9.17, 15) is 9.59 Å². The number of carbonyl (C=O) groups is 2. The molecule has 0 aliphatic heterocycles. The molecule has 0 saturated heterocycles. The lowest BCUT2D eigenvalue weighted by Gasteiger charge is -2.20. The number of carbonyl (C=O) groups excluding carboxylic acids is 2. The normalized spacial score (nSPS) is 14.7. The van der Waals surface area contributed by atoms with E-state index < -0.39 is 12.2 Å². The first-order chi connectivity index (χ1) is 6.79. The van der Waals surface area contributed by atoms with Gasteiger partial charge in [0.2, 0.25) is 0 Å². The summed E-state index contributed by atoms with van der Waals surface area (Å²) in [7, 11) is 1.43. The molecule has 4 nitrogen and oxygen atoms in total. The summed E-state index contributed by atoms with van der Waals surface area (Å²) in [6, 6.07) is 0. The maximum Gasteiger partial charge on any atom is 0.151 e. The number of aldehydes is 2. The van der Waals surface area contributed by atoms with Gasteiger partial charge in [0.1, 0.15) is 12.4 Å². The first kappa shape index (κ1) is 13.3. The minimum absolute atomic E-state index is 0.195. The molecule has 0 spiro atoms. The van der Waals surface area contributed by atoms with Crippen LogP contribution in [0.4, 0.5) is 0 Å². The number of hydrogen-bond acceptors (Lipinski definition) is 4. The second-order valence-electron chi connectivity index (χ2n) is 3.00. The van der Waals surface area contributed by atoms with Crippen molar-refractivity contribution in [3.8, 4) is 0 Å². The average molecular weight is 202 g/mol. The molecule has 14 heavy (non-hydrogen) atoms. The predicted molar refractivity (Wildman–Crippen MR) is 52.2 cm³/mol. The van der Waals surface area contributed by atoms with Crippen molar-refractivity contribution in [3.63, 3.8) is 0 Å². The first-order valence-electron chi connectivity index (χ1n) is 4.83. The van der Waals surface area contributed by atoms with Gasteiger partial charge in [0.15, 0.2) is 6.29 Å². The van der Waals surface area contributed by atoms with Crippen LogP contribution in [0.15, 0.2) is 0 Å². The molecule has 0 bridgehead atoms. The Morgan fingerprint density at radius 1 is 1.36 bits per heavy atom. The summed E-state index contributed by atoms with van der Waals surface area (Å²) in [5, 5.41) is 0. The van der Waals surface area contributed by atoms with Crippen LogP contribution in [0.3, 0.4) is 0 Å². The third-order valence-corrected chi connectivity index (χ3v) is 1.93. The lowest BCUT2D eigenvalue weighted by Crippen LogP contribution is -2.32. The van der Waals surface area contributed by atoms with Gasteiger partial charge in [0.25, 0.3) is 0 Å². The molecule has 2 unspecified atom stereocenters. The zero-order valence-corrected chi connectivity index (χ0v) is 8.77. The molecule has 82 valence electrons. The molecule has 0 aliphatic rings. The molecular formula is C10H18O4. The zero-order chi connectivity index (χ0) is 10.8. The minimum Gasteiger partial charge on any atom is -0.375 e. The van der Waals surface area contributed by atoms with Crippen LogP contribution in [0.1, 0.15) is 26.2 Å². The summed E-state index contributed by atoms with van der Waals surface area (Å²) in [6.45, 7) is 2.61. The molecule has 0 radical (unpaired) electrons. The second-order valence-corrected chi connectivity index (χ2v) is 3.00. The van der Waals surface area contributed by atoms with Gasteiger partial charge < -0.3 is 19.1 Å². The number of ether oxygens (including phenoxy) is 2. The van der Waals surface area contributed by atoms with Crippen LogP contribution in [0.25, 0.3) is 0 Å². The lowest BCUT2D eigenvalue weighted by atomic mass is 10.1. The van der Waals surface area contributed by atoms with Crippen LogP contribution in [0, 0.1) is 0 Å². The van der Waals surface area contributed by atoms with E-state index >= 15 is 0 Å². The van der Waals surface area contributed by atoms with Crippen molar-refractivity contribution in [2.45, 2.75) is 38.4 Å². The van der Waals surface area contributed by atoms with Crippen molar-refractivity contribution in [2.75, 3.05) is 13.7 Å². The van der Waals surface area contributed by atoms with Gasteiger partial charge in [-0.25, -0.2) is 0 Å². The Bertz CT molecular complexity index is 158. The fourth-order valence-electron chi connectivity index (χ4n) is 1.07. The quantitative estimate of drug-likeness (QED) is 0.413. The van der Waals surface area contributed by atoms with Crippen LogP contribution in [0.2, 0.25) is 0 Å². The number of rotatable bonds is 9. The van der Waals surface area contributed by atoms with Gasteiger partial charge in [0.05, 0.1) is 6.10 Å². The molecule has 0 heterocycles. The summed E-state index contributed by atoms with van der Waals surface area (Å²) >= 11 is 0. The van der Waals surface area contributed by atoms with Crippen molar-refractivity contribution >= 4 is 12.6 Å². The van der Waals surface area contributed by atoms with E-state index in [0.717, 1.165) is 19.1 Å². The Morgan fingerprint density at radius 3 is 2.50 bits per heavy atom. The second kappa shape index (κ2) is 8.84. The van der Waals surface area contributed by atoms with Gasteiger partial charge in [0, 0.05) is 20.1 Å². The molecule has 0 aromatic carbocycles. The highest BCUT2D eigenvalue weighted by Crippen LogP contribution is 2.06. The van der Waals surface area contributed by atoms with Crippen LogP contribution < -0.4 is 0 Å². The van der Waals surface area contributed by atoms with Crippen molar-refractivity contribution in [1.29, 1.82) is 0 Å². The smallest absolute Gasteiger partial charge is 0.151 e. The molecule has 0 saturated carbocycles. The first-order valence-corrected chi connectivity index (χ1v) is 4.83. The predicted octanol–water partition coefficient (Wildman–Crippen LogP) is 0.975. The zero-order valence-electron chi connectivity index (χ0n) is 8.77. The number of hydrogen-bond donors (Lipinski definition) is 0. The molecule has 4 heteroatoms. The lowest BCUT2D eigenvalue weighted by molar-refractivity contribution is -0.129. The van der Waals surface area contributed by atoms with Crippen molar-refractivity contribution in [1.82, 2.24) is 0 Å². The Hall–Kier alpha value is -0.740. The Morgan fingerprint density at radius 2 is 2.07 bits per heavy atom. The average Bonchev–Trinajstić information content (AvgIpc) is 2.20. The minimum atomic E-state index is -0.642. The van der Waals surface area contributed by atoms with Crippen molar-refractivity contribution < 1.29 is 19.1 Å². The Labute approximate surface area is 84.6 Å². The summed E-state index contributed by atoms with van der Waals surface area (Å²) in [6.07, 6.45) is 2.46. The summed E-state index contributed by atoms with van der Waals surface area (Å²) in [5.74, 6) is 0. The molecular weight excluding hydrogens is 184 g/mol. The Kier molecular flexibility index (Phi) is 8.37. The molecule has 0 rings (SSSR count). The van der Waals surface area contributed by atoms with Gasteiger partial charge >= 0.3 is 0 Å². The maximum absolute atomic E-state index is 10.6. The molecule has 0 aromatic heterocycles. The van der Waals surface area contributed by atoms with Gasteiger partial charge in [-0.1, -0.05) is 13.3 Å². The topological polar surface area (TPSA) is 52.6 Å². The van der Waals surface area contributed by atoms with E-state index in [-0.39, 0.29) is 6.42 Å². The van der Waals surface area contributed by atoms with E-state index in [2.05, 4.69) is 0 Å². The van der Waals surface area contributed by atoms with Gasteiger partial charge in [-0.2, -0.15) is 0 Å². The van der Waals surface area contributed by atoms with E-state index in [0.29, 0.717) is 12.9 Å². The van der Waals surface area contributed by atoms with Crippen molar-refractivity contribution in [2.24, 2.45) is 0 Å². The highest BCUT2D eigenvalue weighted by molar-refractivity contribution is 5.59. The summed E-state index contributed by atoms with van der Waals surface area (Å²) in [4.78, 5) is 20.9. The van der Waals surface area contributed by atoms with Gasteiger partial charge in [-0.15, -0.1) is 0 Å². The molecule has 0 amide bonds. The fourth-order valence-corrected chi connectivity index (χ4v) is 1.07.